The van der Waals surface area contributed by atoms with Crippen LogP contribution in [-0.4, -0.2) is 6.54 Å². The lowest BCUT2D eigenvalue weighted by molar-refractivity contribution is 1.11. The summed E-state index contributed by atoms with van der Waals surface area (Å²) < 4.78 is 0. The zero-order chi connectivity index (χ0) is 11.0. The Bertz CT molecular complexity index is 534. The van der Waals surface area contributed by atoms with Gasteiger partial charge in [-0.1, -0.05) is 41.9 Å². The van der Waals surface area contributed by atoms with E-state index < -0.39 is 0 Å². The maximum atomic E-state index is 6.19. The molecule has 0 atom stereocenters. The topological polar surface area (TPSA) is 12.0 Å². The molecule has 0 unspecified atom stereocenters. The van der Waals surface area contributed by atoms with Gasteiger partial charge in [0.2, 0.25) is 0 Å². The molecule has 2 heteroatoms. The number of hydrogen-bond donors (Lipinski definition) is 1. The van der Waals surface area contributed by atoms with Crippen LogP contribution in [0.2, 0.25) is 5.02 Å². The first-order valence-corrected chi connectivity index (χ1v) is 5.84. The molecule has 1 heterocycles. The van der Waals surface area contributed by atoms with E-state index in [1.54, 1.807) is 0 Å². The zero-order valence-electron chi connectivity index (χ0n) is 8.83. The summed E-state index contributed by atoms with van der Waals surface area (Å²) in [6.45, 7) is 1.04. The van der Waals surface area contributed by atoms with Crippen molar-refractivity contribution < 1.29 is 0 Å². The molecule has 0 aromatic heterocycles. The van der Waals surface area contributed by atoms with Gasteiger partial charge in [-0.25, -0.2) is 0 Å². The molecule has 3 rings (SSSR count). The van der Waals surface area contributed by atoms with Crippen LogP contribution in [0, 0.1) is 0 Å². The molecule has 0 aliphatic carbocycles. The molecule has 0 fully saturated rings. The average Bonchev–Trinajstić information content (AvgIpc) is 2.76. The highest BCUT2D eigenvalue weighted by molar-refractivity contribution is 6.33. The minimum atomic E-state index is 0.806. The third-order valence-electron chi connectivity index (χ3n) is 3.00. The van der Waals surface area contributed by atoms with Crippen molar-refractivity contribution in [3.63, 3.8) is 0 Å². The van der Waals surface area contributed by atoms with Crippen LogP contribution >= 0.6 is 11.6 Å². The summed E-state index contributed by atoms with van der Waals surface area (Å²) in [6.07, 6.45) is 1.12. The number of benzene rings is 2. The highest BCUT2D eigenvalue weighted by Crippen LogP contribution is 2.32. The Morgan fingerprint density at radius 3 is 2.81 bits per heavy atom. The van der Waals surface area contributed by atoms with Crippen molar-refractivity contribution in [3.8, 4) is 11.1 Å². The molecular weight excluding hydrogens is 218 g/mol. The van der Waals surface area contributed by atoms with Crippen molar-refractivity contribution >= 4 is 17.3 Å². The Labute approximate surface area is 100 Å². The second-order valence-electron chi connectivity index (χ2n) is 4.03. The molecule has 2 aromatic rings. The second kappa shape index (κ2) is 3.84. The van der Waals surface area contributed by atoms with Crippen LogP contribution < -0.4 is 5.32 Å². The maximum Gasteiger partial charge on any atom is 0.0484 e. The van der Waals surface area contributed by atoms with E-state index in [-0.39, 0.29) is 0 Å². The van der Waals surface area contributed by atoms with Gasteiger partial charge in [0, 0.05) is 22.8 Å². The van der Waals surface area contributed by atoms with E-state index in [0.717, 1.165) is 23.6 Å². The lowest BCUT2D eigenvalue weighted by Gasteiger charge is -2.07. The van der Waals surface area contributed by atoms with E-state index in [0.29, 0.717) is 0 Å². The predicted octanol–water partition coefficient (Wildman–Crippen LogP) is 3.98. The van der Waals surface area contributed by atoms with Crippen molar-refractivity contribution in [3.05, 3.63) is 53.1 Å². The third kappa shape index (κ3) is 1.57. The highest BCUT2D eigenvalue weighted by Gasteiger charge is 2.11. The Kier molecular flexibility index (Phi) is 2.33. The molecule has 0 bridgehead atoms. The molecule has 1 aliphatic rings. The highest BCUT2D eigenvalue weighted by atomic mass is 35.5. The van der Waals surface area contributed by atoms with Crippen LogP contribution in [0.4, 0.5) is 5.69 Å². The summed E-state index contributed by atoms with van der Waals surface area (Å²) in [5, 5.41) is 4.19. The monoisotopic (exact) mass is 229 g/mol. The van der Waals surface area contributed by atoms with E-state index in [9.17, 15) is 0 Å². The van der Waals surface area contributed by atoms with Gasteiger partial charge >= 0.3 is 0 Å². The van der Waals surface area contributed by atoms with Crippen LogP contribution in [0.25, 0.3) is 11.1 Å². The van der Waals surface area contributed by atoms with Crippen molar-refractivity contribution in [1.29, 1.82) is 0 Å². The van der Waals surface area contributed by atoms with E-state index >= 15 is 0 Å². The van der Waals surface area contributed by atoms with Gasteiger partial charge in [0.25, 0.3) is 0 Å². The lowest BCUT2D eigenvalue weighted by atomic mass is 10.0. The molecule has 0 amide bonds. The summed E-state index contributed by atoms with van der Waals surface area (Å²) in [6, 6.07) is 14.5. The van der Waals surface area contributed by atoms with Crippen molar-refractivity contribution in [1.82, 2.24) is 0 Å². The summed E-state index contributed by atoms with van der Waals surface area (Å²) in [7, 11) is 0. The Morgan fingerprint density at radius 2 is 1.94 bits per heavy atom. The fourth-order valence-corrected chi connectivity index (χ4v) is 2.40. The molecule has 2 aromatic carbocycles. The van der Waals surface area contributed by atoms with Gasteiger partial charge in [0.05, 0.1) is 0 Å². The quantitative estimate of drug-likeness (QED) is 0.780. The lowest BCUT2D eigenvalue weighted by Crippen LogP contribution is -1.91. The number of halogens is 1. The van der Waals surface area contributed by atoms with Crippen molar-refractivity contribution in [2.45, 2.75) is 6.42 Å². The van der Waals surface area contributed by atoms with Gasteiger partial charge in [0.15, 0.2) is 0 Å². The number of anilines is 1. The molecule has 1 aliphatic heterocycles. The molecule has 0 radical (unpaired) electrons. The van der Waals surface area contributed by atoms with Gasteiger partial charge in [0.1, 0.15) is 0 Å². The molecule has 1 N–H and O–H groups in total. The summed E-state index contributed by atoms with van der Waals surface area (Å²) >= 11 is 6.19. The Hall–Kier alpha value is -1.47. The van der Waals surface area contributed by atoms with Gasteiger partial charge in [-0.05, 0) is 29.7 Å². The van der Waals surface area contributed by atoms with Gasteiger partial charge < -0.3 is 5.32 Å². The number of fused-ring (bicyclic) bond motifs is 1. The number of rotatable bonds is 1. The van der Waals surface area contributed by atoms with E-state index in [1.165, 1.54) is 16.8 Å². The smallest absolute Gasteiger partial charge is 0.0484 e. The van der Waals surface area contributed by atoms with Gasteiger partial charge in [-0.15, -0.1) is 0 Å². The molecule has 0 spiro atoms. The van der Waals surface area contributed by atoms with E-state index in [2.05, 4.69) is 29.6 Å². The molecule has 0 saturated carbocycles. The molecule has 0 saturated heterocycles. The van der Waals surface area contributed by atoms with Crippen molar-refractivity contribution in [2.75, 3.05) is 11.9 Å². The maximum absolute atomic E-state index is 6.19. The van der Waals surface area contributed by atoms with Crippen LogP contribution in [0.5, 0.6) is 0 Å². The summed E-state index contributed by atoms with van der Waals surface area (Å²) in [4.78, 5) is 0. The fourth-order valence-electron chi connectivity index (χ4n) is 2.15. The molecular formula is C14H12ClN. The van der Waals surface area contributed by atoms with E-state index in [4.69, 9.17) is 11.6 Å². The standard InChI is InChI=1S/C14H12ClN/c15-13-4-2-1-3-12(13)11-6-5-10-7-8-16-14(10)9-11/h1-6,9,16H,7-8H2. The number of nitrogens with one attached hydrogen (secondary N) is 1. The average molecular weight is 230 g/mol. The van der Waals surface area contributed by atoms with Crippen LogP contribution in [0.15, 0.2) is 42.5 Å². The van der Waals surface area contributed by atoms with Crippen LogP contribution in [0.3, 0.4) is 0 Å². The third-order valence-corrected chi connectivity index (χ3v) is 3.33. The Balaban J connectivity index is 2.11. The zero-order valence-corrected chi connectivity index (χ0v) is 9.59. The SMILES string of the molecule is Clc1ccccc1-c1ccc2c(c1)NCC2. The molecule has 80 valence electrons. The predicted molar refractivity (Wildman–Crippen MR) is 69.1 cm³/mol. The molecule has 1 nitrogen and oxygen atoms in total. The first kappa shape index (κ1) is 9.73. The minimum Gasteiger partial charge on any atom is -0.384 e. The van der Waals surface area contributed by atoms with Crippen LogP contribution in [0.1, 0.15) is 5.56 Å². The van der Waals surface area contributed by atoms with Crippen molar-refractivity contribution in [2.24, 2.45) is 0 Å². The normalized spacial score (nSPS) is 13.3. The molecule has 16 heavy (non-hydrogen) atoms. The first-order chi connectivity index (χ1) is 7.84. The largest absolute Gasteiger partial charge is 0.384 e. The fraction of sp³-hybridized carbons (Fsp3) is 0.143. The summed E-state index contributed by atoms with van der Waals surface area (Å²) in [5.74, 6) is 0. The van der Waals surface area contributed by atoms with Gasteiger partial charge in [-0.3, -0.25) is 0 Å². The summed E-state index contributed by atoms with van der Waals surface area (Å²) in [5.41, 5.74) is 4.92. The minimum absolute atomic E-state index is 0.806. The van der Waals surface area contributed by atoms with Gasteiger partial charge in [-0.2, -0.15) is 0 Å². The second-order valence-corrected chi connectivity index (χ2v) is 4.44. The van der Waals surface area contributed by atoms with E-state index in [1.807, 2.05) is 18.2 Å². The van der Waals surface area contributed by atoms with Crippen LogP contribution in [-0.2, 0) is 6.42 Å². The first-order valence-electron chi connectivity index (χ1n) is 5.46. The number of hydrogen-bond acceptors (Lipinski definition) is 1. The Morgan fingerprint density at radius 1 is 1.06 bits per heavy atom.